The molecule has 0 aliphatic rings. The molecule has 2 nitrogen and oxygen atoms in total. The maximum Gasteiger partial charge on any atom is 0.119 e. The van der Waals surface area contributed by atoms with Gasteiger partial charge in [0, 0.05) is 5.33 Å². The van der Waals surface area contributed by atoms with E-state index in [0.29, 0.717) is 0 Å². The van der Waals surface area contributed by atoms with Crippen LogP contribution in [0.3, 0.4) is 0 Å². The molecule has 0 aliphatic heterocycles. The van der Waals surface area contributed by atoms with Crippen molar-refractivity contribution in [2.75, 3.05) is 19.0 Å². The van der Waals surface area contributed by atoms with Gasteiger partial charge in [-0.1, -0.05) is 78.7 Å². The third-order valence-electron chi connectivity index (χ3n) is 4.57. The van der Waals surface area contributed by atoms with Crippen LogP contribution in [0.2, 0.25) is 0 Å². The van der Waals surface area contributed by atoms with Gasteiger partial charge < -0.3 is 9.47 Å². The normalized spacial score (nSPS) is 10.7. The SMILES string of the molecule is COc1ccc(-c2ccc(OCCCCCCCCCCBr)cc2)cc1. The lowest BCUT2D eigenvalue weighted by Crippen LogP contribution is -1.97. The molecule has 0 spiro atoms. The third kappa shape index (κ3) is 7.82. The van der Waals surface area contributed by atoms with Crippen molar-refractivity contribution in [1.29, 1.82) is 0 Å². The molecule has 0 unspecified atom stereocenters. The van der Waals surface area contributed by atoms with Crippen molar-refractivity contribution < 1.29 is 9.47 Å². The Bertz CT molecular complexity index is 593. The highest BCUT2D eigenvalue weighted by atomic mass is 79.9. The predicted molar refractivity (Wildman–Crippen MR) is 115 cm³/mol. The van der Waals surface area contributed by atoms with E-state index >= 15 is 0 Å². The predicted octanol–water partition coefficient (Wildman–Crippen LogP) is 7.26. The van der Waals surface area contributed by atoms with Crippen LogP contribution in [0.25, 0.3) is 11.1 Å². The molecule has 0 N–H and O–H groups in total. The number of benzene rings is 2. The fourth-order valence-corrected chi connectivity index (χ4v) is 3.37. The summed E-state index contributed by atoms with van der Waals surface area (Å²) < 4.78 is 11.1. The topological polar surface area (TPSA) is 18.5 Å². The van der Waals surface area contributed by atoms with E-state index in [-0.39, 0.29) is 0 Å². The Morgan fingerprint density at radius 1 is 0.615 bits per heavy atom. The van der Waals surface area contributed by atoms with E-state index in [1.807, 2.05) is 12.1 Å². The summed E-state index contributed by atoms with van der Waals surface area (Å²) in [7, 11) is 1.69. The minimum absolute atomic E-state index is 0.811. The largest absolute Gasteiger partial charge is 0.497 e. The number of ether oxygens (including phenoxy) is 2. The molecule has 0 aliphatic carbocycles. The van der Waals surface area contributed by atoms with Crippen LogP contribution in [0.5, 0.6) is 11.5 Å². The van der Waals surface area contributed by atoms with Gasteiger partial charge >= 0.3 is 0 Å². The molecule has 0 aromatic heterocycles. The first-order chi connectivity index (χ1) is 12.8. The van der Waals surface area contributed by atoms with Crippen LogP contribution in [-0.2, 0) is 0 Å². The molecule has 0 amide bonds. The van der Waals surface area contributed by atoms with E-state index in [1.165, 1.54) is 56.1 Å². The van der Waals surface area contributed by atoms with Gasteiger partial charge in [-0.15, -0.1) is 0 Å². The van der Waals surface area contributed by atoms with Crippen molar-refractivity contribution in [2.45, 2.75) is 51.4 Å². The first-order valence-corrected chi connectivity index (χ1v) is 10.9. The van der Waals surface area contributed by atoms with Gasteiger partial charge in [-0.2, -0.15) is 0 Å². The summed E-state index contributed by atoms with van der Waals surface area (Å²) >= 11 is 3.48. The molecular formula is C23H31BrO2. The zero-order valence-corrected chi connectivity index (χ0v) is 17.5. The number of hydrogen-bond donors (Lipinski definition) is 0. The summed E-state index contributed by atoms with van der Waals surface area (Å²) in [5.41, 5.74) is 2.38. The molecule has 26 heavy (non-hydrogen) atoms. The minimum atomic E-state index is 0.811. The van der Waals surface area contributed by atoms with Crippen molar-refractivity contribution in [3.63, 3.8) is 0 Å². The highest BCUT2D eigenvalue weighted by Crippen LogP contribution is 2.24. The van der Waals surface area contributed by atoms with Gasteiger partial charge in [0.15, 0.2) is 0 Å². The van der Waals surface area contributed by atoms with E-state index in [0.717, 1.165) is 29.9 Å². The molecule has 0 bridgehead atoms. The Kier molecular flexibility index (Phi) is 10.3. The van der Waals surface area contributed by atoms with Gasteiger partial charge in [0.05, 0.1) is 13.7 Å². The first kappa shape index (κ1) is 20.8. The zero-order valence-electron chi connectivity index (χ0n) is 15.9. The Morgan fingerprint density at radius 3 is 1.58 bits per heavy atom. The van der Waals surface area contributed by atoms with Crippen LogP contribution in [0.4, 0.5) is 0 Å². The number of rotatable bonds is 13. The quantitative estimate of drug-likeness (QED) is 0.251. The third-order valence-corrected chi connectivity index (χ3v) is 5.14. The van der Waals surface area contributed by atoms with Crippen molar-refractivity contribution >= 4 is 15.9 Å². The highest BCUT2D eigenvalue weighted by molar-refractivity contribution is 9.09. The zero-order chi connectivity index (χ0) is 18.5. The number of unbranched alkanes of at least 4 members (excludes halogenated alkanes) is 7. The Balaban J connectivity index is 1.60. The van der Waals surface area contributed by atoms with Crippen molar-refractivity contribution in [1.82, 2.24) is 0 Å². The molecule has 0 fully saturated rings. The molecule has 2 aromatic rings. The van der Waals surface area contributed by atoms with Crippen molar-refractivity contribution in [3.8, 4) is 22.6 Å². The Hall–Kier alpha value is -1.48. The van der Waals surface area contributed by atoms with Gasteiger partial charge in [0.1, 0.15) is 11.5 Å². The van der Waals surface area contributed by atoms with Crippen LogP contribution in [0.1, 0.15) is 51.4 Å². The smallest absolute Gasteiger partial charge is 0.119 e. The standard InChI is InChI=1S/C23H31BrO2/c1-25-22-14-10-20(11-15-22)21-12-16-23(17-13-21)26-19-9-7-5-3-2-4-6-8-18-24/h10-17H,2-9,18-19H2,1H3. The molecule has 2 rings (SSSR count). The fourth-order valence-electron chi connectivity index (χ4n) is 2.97. The molecular weight excluding hydrogens is 388 g/mol. The molecule has 0 saturated heterocycles. The summed E-state index contributed by atoms with van der Waals surface area (Å²) in [6.07, 6.45) is 10.5. The molecule has 142 valence electrons. The van der Waals surface area contributed by atoms with E-state index in [2.05, 4.69) is 52.3 Å². The van der Waals surface area contributed by atoms with Gasteiger partial charge in [-0.05, 0) is 48.2 Å². The van der Waals surface area contributed by atoms with E-state index < -0.39 is 0 Å². The minimum Gasteiger partial charge on any atom is -0.497 e. The number of hydrogen-bond acceptors (Lipinski definition) is 2. The van der Waals surface area contributed by atoms with Crippen molar-refractivity contribution in [2.24, 2.45) is 0 Å². The van der Waals surface area contributed by atoms with E-state index in [9.17, 15) is 0 Å². The van der Waals surface area contributed by atoms with E-state index in [1.54, 1.807) is 7.11 Å². The van der Waals surface area contributed by atoms with Crippen LogP contribution in [0, 0.1) is 0 Å². The maximum absolute atomic E-state index is 5.87. The molecule has 0 saturated carbocycles. The lowest BCUT2D eigenvalue weighted by atomic mass is 10.1. The monoisotopic (exact) mass is 418 g/mol. The Labute approximate surface area is 167 Å². The number of halogens is 1. The summed E-state index contributed by atoms with van der Waals surface area (Å²) in [4.78, 5) is 0. The lowest BCUT2D eigenvalue weighted by molar-refractivity contribution is 0.304. The summed E-state index contributed by atoms with van der Waals surface area (Å²) in [5.74, 6) is 1.84. The first-order valence-electron chi connectivity index (χ1n) is 9.77. The van der Waals surface area contributed by atoms with Crippen LogP contribution in [-0.4, -0.2) is 19.0 Å². The van der Waals surface area contributed by atoms with Crippen LogP contribution >= 0.6 is 15.9 Å². The van der Waals surface area contributed by atoms with Gasteiger partial charge in [-0.25, -0.2) is 0 Å². The molecule has 0 atom stereocenters. The Morgan fingerprint density at radius 2 is 1.08 bits per heavy atom. The fraction of sp³-hybridized carbons (Fsp3) is 0.478. The second-order valence-electron chi connectivity index (χ2n) is 6.62. The summed E-state index contributed by atoms with van der Waals surface area (Å²) in [6, 6.07) is 16.5. The molecule has 2 aromatic carbocycles. The van der Waals surface area contributed by atoms with Gasteiger partial charge in [0.25, 0.3) is 0 Å². The summed E-state index contributed by atoms with van der Waals surface area (Å²) in [6.45, 7) is 0.811. The van der Waals surface area contributed by atoms with Gasteiger partial charge in [0.2, 0.25) is 0 Å². The molecule has 0 radical (unpaired) electrons. The maximum atomic E-state index is 5.87. The van der Waals surface area contributed by atoms with E-state index in [4.69, 9.17) is 9.47 Å². The average Bonchev–Trinajstić information content (AvgIpc) is 2.70. The average molecular weight is 419 g/mol. The highest BCUT2D eigenvalue weighted by Gasteiger charge is 2.00. The number of methoxy groups -OCH3 is 1. The summed E-state index contributed by atoms with van der Waals surface area (Å²) in [5, 5.41) is 1.14. The second kappa shape index (κ2) is 12.8. The molecule has 0 heterocycles. The second-order valence-corrected chi connectivity index (χ2v) is 7.41. The van der Waals surface area contributed by atoms with Crippen LogP contribution < -0.4 is 9.47 Å². The van der Waals surface area contributed by atoms with Gasteiger partial charge in [-0.3, -0.25) is 0 Å². The van der Waals surface area contributed by atoms with Crippen molar-refractivity contribution in [3.05, 3.63) is 48.5 Å². The molecule has 3 heteroatoms. The van der Waals surface area contributed by atoms with Crippen LogP contribution in [0.15, 0.2) is 48.5 Å². The number of alkyl halides is 1. The lowest BCUT2D eigenvalue weighted by Gasteiger charge is -2.08.